The molecule has 1 amide bonds. The molecular formula is C17H25ClN2O. The van der Waals surface area contributed by atoms with E-state index < -0.39 is 0 Å². The Labute approximate surface area is 132 Å². The molecule has 3 nitrogen and oxygen atoms in total. The predicted octanol–water partition coefficient (Wildman–Crippen LogP) is 3.42. The monoisotopic (exact) mass is 308 g/mol. The van der Waals surface area contributed by atoms with Crippen LogP contribution in [0.25, 0.3) is 0 Å². The molecule has 1 aromatic carbocycles. The molecular weight excluding hydrogens is 284 g/mol. The Bertz CT molecular complexity index is 474. The molecule has 1 aromatic rings. The number of amides is 1. The fraction of sp³-hybridized carbons (Fsp3) is 0.588. The summed E-state index contributed by atoms with van der Waals surface area (Å²) in [5, 5.41) is 0.778. The van der Waals surface area contributed by atoms with Crippen molar-refractivity contribution in [1.29, 1.82) is 0 Å². The van der Waals surface area contributed by atoms with Crippen molar-refractivity contribution in [1.82, 2.24) is 9.80 Å². The second kappa shape index (κ2) is 7.81. The summed E-state index contributed by atoms with van der Waals surface area (Å²) < 4.78 is 0. The quantitative estimate of drug-likeness (QED) is 0.832. The van der Waals surface area contributed by atoms with Crippen LogP contribution in [-0.4, -0.2) is 41.9 Å². The topological polar surface area (TPSA) is 23.6 Å². The van der Waals surface area contributed by atoms with Crippen LogP contribution in [0.4, 0.5) is 0 Å². The molecule has 116 valence electrons. The number of carbonyl (C=O) groups is 1. The molecule has 0 unspecified atom stereocenters. The summed E-state index contributed by atoms with van der Waals surface area (Å²) in [7, 11) is 0. The van der Waals surface area contributed by atoms with E-state index >= 15 is 0 Å². The molecule has 2 rings (SSSR count). The third-order valence-electron chi connectivity index (χ3n) is 4.23. The summed E-state index contributed by atoms with van der Waals surface area (Å²) in [5.74, 6) is 0.466. The molecule has 1 aliphatic rings. The Balaban J connectivity index is 1.96. The second-order valence-electron chi connectivity index (χ2n) is 5.71. The molecule has 0 aliphatic carbocycles. The first-order chi connectivity index (χ1) is 10.1. The Morgan fingerprint density at radius 2 is 2.14 bits per heavy atom. The van der Waals surface area contributed by atoms with Crippen LogP contribution in [0.3, 0.4) is 0 Å². The van der Waals surface area contributed by atoms with Crippen molar-refractivity contribution in [3.63, 3.8) is 0 Å². The van der Waals surface area contributed by atoms with Gasteiger partial charge in [0.05, 0.1) is 5.92 Å². The molecule has 1 fully saturated rings. The van der Waals surface area contributed by atoms with E-state index in [-0.39, 0.29) is 5.92 Å². The lowest BCUT2D eigenvalue weighted by Crippen LogP contribution is -2.44. The number of likely N-dealkylation sites (tertiary alicyclic amines) is 1. The average Bonchev–Trinajstić information content (AvgIpc) is 2.48. The Kier molecular flexibility index (Phi) is 6.07. The Hall–Kier alpha value is -1.06. The molecule has 0 aromatic heterocycles. The minimum atomic E-state index is 0.151. The highest BCUT2D eigenvalue weighted by Crippen LogP contribution is 2.21. The Morgan fingerprint density at radius 1 is 1.38 bits per heavy atom. The van der Waals surface area contributed by atoms with Crippen LogP contribution in [0.2, 0.25) is 5.02 Å². The van der Waals surface area contributed by atoms with Gasteiger partial charge >= 0.3 is 0 Å². The van der Waals surface area contributed by atoms with Crippen LogP contribution in [0, 0.1) is 5.92 Å². The standard InChI is InChI=1S/C17H25ClN2O/c1-3-20(4-2)17(21)15-8-6-10-19(13-15)12-14-7-5-9-16(18)11-14/h5,7,9,11,15H,3-4,6,8,10,12-13H2,1-2H3/t15-/m1/s1. The van der Waals surface area contributed by atoms with Crippen LogP contribution >= 0.6 is 11.6 Å². The van der Waals surface area contributed by atoms with E-state index in [9.17, 15) is 4.79 Å². The lowest BCUT2D eigenvalue weighted by molar-refractivity contribution is -0.137. The second-order valence-corrected chi connectivity index (χ2v) is 6.15. The number of piperidine rings is 1. The van der Waals surface area contributed by atoms with Crippen LogP contribution in [0.1, 0.15) is 32.3 Å². The van der Waals surface area contributed by atoms with Crippen molar-refractivity contribution in [2.45, 2.75) is 33.2 Å². The first-order valence-electron chi connectivity index (χ1n) is 7.89. The summed E-state index contributed by atoms with van der Waals surface area (Å²) in [4.78, 5) is 16.8. The maximum atomic E-state index is 12.5. The molecule has 1 atom stereocenters. The van der Waals surface area contributed by atoms with E-state index in [1.54, 1.807) is 0 Å². The smallest absolute Gasteiger partial charge is 0.226 e. The number of rotatable bonds is 5. The van der Waals surface area contributed by atoms with E-state index in [0.29, 0.717) is 5.91 Å². The zero-order valence-corrected chi connectivity index (χ0v) is 13.8. The minimum Gasteiger partial charge on any atom is -0.343 e. The molecule has 0 bridgehead atoms. The van der Waals surface area contributed by atoms with Crippen LogP contribution in [0.5, 0.6) is 0 Å². The minimum absolute atomic E-state index is 0.151. The normalized spacial score (nSPS) is 19.5. The fourth-order valence-corrected chi connectivity index (χ4v) is 3.30. The average molecular weight is 309 g/mol. The van der Waals surface area contributed by atoms with Gasteiger partial charge in [0, 0.05) is 31.2 Å². The molecule has 0 spiro atoms. The van der Waals surface area contributed by atoms with Gasteiger partial charge in [0.25, 0.3) is 0 Å². The zero-order chi connectivity index (χ0) is 15.2. The number of benzene rings is 1. The molecule has 0 saturated carbocycles. The fourth-order valence-electron chi connectivity index (χ4n) is 3.09. The van der Waals surface area contributed by atoms with Crippen molar-refractivity contribution in [3.05, 3.63) is 34.9 Å². The highest BCUT2D eigenvalue weighted by atomic mass is 35.5. The number of hydrogen-bond donors (Lipinski definition) is 0. The number of hydrogen-bond acceptors (Lipinski definition) is 2. The van der Waals surface area contributed by atoms with Gasteiger partial charge in [0.2, 0.25) is 5.91 Å². The predicted molar refractivity (Wildman–Crippen MR) is 87.4 cm³/mol. The van der Waals surface area contributed by atoms with Crippen molar-refractivity contribution < 1.29 is 4.79 Å². The van der Waals surface area contributed by atoms with E-state index in [2.05, 4.69) is 11.0 Å². The SMILES string of the molecule is CCN(CC)C(=O)[C@@H]1CCCN(Cc2cccc(Cl)c2)C1. The number of carbonyl (C=O) groups excluding carboxylic acids is 1. The number of halogens is 1. The molecule has 1 aliphatic heterocycles. The van der Waals surface area contributed by atoms with Crippen molar-refractivity contribution in [2.24, 2.45) is 5.92 Å². The third kappa shape index (κ3) is 4.45. The summed E-state index contributed by atoms with van der Waals surface area (Å²) in [6.45, 7) is 8.52. The molecule has 0 N–H and O–H groups in total. The van der Waals surface area contributed by atoms with E-state index in [1.807, 2.05) is 36.9 Å². The summed E-state index contributed by atoms with van der Waals surface area (Å²) in [6, 6.07) is 7.99. The molecule has 4 heteroatoms. The largest absolute Gasteiger partial charge is 0.343 e. The first kappa shape index (κ1) is 16.3. The van der Waals surface area contributed by atoms with Gasteiger partial charge in [-0.15, -0.1) is 0 Å². The van der Waals surface area contributed by atoms with Gasteiger partial charge < -0.3 is 4.90 Å². The highest BCUT2D eigenvalue weighted by molar-refractivity contribution is 6.30. The third-order valence-corrected chi connectivity index (χ3v) is 4.46. The zero-order valence-electron chi connectivity index (χ0n) is 13.0. The van der Waals surface area contributed by atoms with E-state index in [1.165, 1.54) is 5.56 Å². The lowest BCUT2D eigenvalue weighted by atomic mass is 9.96. The summed E-state index contributed by atoms with van der Waals surface area (Å²) in [6.07, 6.45) is 2.11. The van der Waals surface area contributed by atoms with Gasteiger partial charge in [-0.25, -0.2) is 0 Å². The molecule has 1 heterocycles. The van der Waals surface area contributed by atoms with Crippen molar-refractivity contribution in [3.8, 4) is 0 Å². The first-order valence-corrected chi connectivity index (χ1v) is 8.27. The lowest BCUT2D eigenvalue weighted by Gasteiger charge is -2.34. The Morgan fingerprint density at radius 3 is 2.81 bits per heavy atom. The van der Waals surface area contributed by atoms with Gasteiger partial charge in [-0.05, 0) is 50.9 Å². The van der Waals surface area contributed by atoms with Crippen LogP contribution in [0.15, 0.2) is 24.3 Å². The van der Waals surface area contributed by atoms with Gasteiger partial charge in [0.15, 0.2) is 0 Å². The number of nitrogens with zero attached hydrogens (tertiary/aromatic N) is 2. The van der Waals surface area contributed by atoms with Crippen LogP contribution in [-0.2, 0) is 11.3 Å². The van der Waals surface area contributed by atoms with Crippen LogP contribution < -0.4 is 0 Å². The van der Waals surface area contributed by atoms with Gasteiger partial charge in [-0.2, -0.15) is 0 Å². The van der Waals surface area contributed by atoms with Gasteiger partial charge in [-0.3, -0.25) is 9.69 Å². The molecule has 1 saturated heterocycles. The van der Waals surface area contributed by atoms with Crippen molar-refractivity contribution >= 4 is 17.5 Å². The highest BCUT2D eigenvalue weighted by Gasteiger charge is 2.28. The molecule has 0 radical (unpaired) electrons. The maximum absolute atomic E-state index is 12.5. The van der Waals surface area contributed by atoms with Gasteiger partial charge in [-0.1, -0.05) is 23.7 Å². The van der Waals surface area contributed by atoms with Gasteiger partial charge in [0.1, 0.15) is 0 Å². The summed E-state index contributed by atoms with van der Waals surface area (Å²) in [5.41, 5.74) is 1.22. The molecule has 21 heavy (non-hydrogen) atoms. The van der Waals surface area contributed by atoms with E-state index in [0.717, 1.165) is 50.6 Å². The summed E-state index contributed by atoms with van der Waals surface area (Å²) >= 11 is 6.04. The van der Waals surface area contributed by atoms with E-state index in [4.69, 9.17) is 11.6 Å². The van der Waals surface area contributed by atoms with Crippen molar-refractivity contribution in [2.75, 3.05) is 26.2 Å². The maximum Gasteiger partial charge on any atom is 0.226 e.